The number of ether oxygens (including phenoxy) is 1. The number of nitrogens with one attached hydrogen (secondary N) is 1. The standard InChI is InChI=1S/C23H26F3N5O4/c1-13-14(2)29-34-19(13)28-21(32)31-9-7-22(8-10-31)11-16(12-33-22)18-27-20(35-30-18)15-3-5-17(6-4-15)23(24,25)26/h3,5-6,15-16H,4,7-12H2,1-2H3,(H,28,32). The minimum absolute atomic E-state index is 0.0680. The van der Waals surface area contributed by atoms with Crippen LogP contribution in [0.5, 0.6) is 0 Å². The predicted molar refractivity (Wildman–Crippen MR) is 117 cm³/mol. The van der Waals surface area contributed by atoms with E-state index in [9.17, 15) is 18.0 Å². The van der Waals surface area contributed by atoms with Gasteiger partial charge in [0.1, 0.15) is 0 Å². The van der Waals surface area contributed by atoms with Crippen molar-refractivity contribution < 1.29 is 31.7 Å². The molecule has 3 aliphatic rings. The number of hydrogen-bond donors (Lipinski definition) is 1. The Morgan fingerprint density at radius 2 is 1.97 bits per heavy atom. The van der Waals surface area contributed by atoms with Crippen LogP contribution in [0.2, 0.25) is 0 Å². The number of allylic oxidation sites excluding steroid dienone is 4. The van der Waals surface area contributed by atoms with Crippen molar-refractivity contribution in [3.8, 4) is 0 Å². The summed E-state index contributed by atoms with van der Waals surface area (Å²) in [5, 5.41) is 10.7. The largest absolute Gasteiger partial charge is 0.416 e. The van der Waals surface area contributed by atoms with Gasteiger partial charge in [0.05, 0.1) is 29.4 Å². The predicted octanol–water partition coefficient (Wildman–Crippen LogP) is 4.78. The Hall–Kier alpha value is -3.15. The smallest absolute Gasteiger partial charge is 0.374 e. The summed E-state index contributed by atoms with van der Waals surface area (Å²) in [5.41, 5.74) is 0.505. The number of urea groups is 1. The van der Waals surface area contributed by atoms with Gasteiger partial charge in [0.25, 0.3) is 0 Å². The number of nitrogens with zero attached hydrogens (tertiary/aromatic N) is 4. The average Bonchev–Trinajstić information content (AvgIpc) is 3.55. The number of alkyl halides is 3. The molecule has 0 saturated carbocycles. The molecule has 2 amide bonds. The quantitative estimate of drug-likeness (QED) is 0.656. The first kappa shape index (κ1) is 23.6. The van der Waals surface area contributed by atoms with Crippen LogP contribution >= 0.6 is 0 Å². The lowest BCUT2D eigenvalue weighted by atomic mass is 9.85. The van der Waals surface area contributed by atoms with Gasteiger partial charge in [-0.25, -0.2) is 4.79 Å². The number of aromatic nitrogens is 3. The zero-order chi connectivity index (χ0) is 24.8. The van der Waals surface area contributed by atoms with E-state index in [2.05, 4.69) is 20.6 Å². The molecule has 2 saturated heterocycles. The summed E-state index contributed by atoms with van der Waals surface area (Å²) < 4.78 is 55.2. The first-order valence-corrected chi connectivity index (χ1v) is 11.6. The van der Waals surface area contributed by atoms with Gasteiger partial charge in [-0.15, -0.1) is 0 Å². The fourth-order valence-electron chi connectivity index (χ4n) is 4.76. The molecule has 2 aromatic rings. The summed E-state index contributed by atoms with van der Waals surface area (Å²) in [5.74, 6) is 0.723. The van der Waals surface area contributed by atoms with Crippen LogP contribution in [0.1, 0.15) is 60.5 Å². The summed E-state index contributed by atoms with van der Waals surface area (Å²) >= 11 is 0. The molecule has 0 aromatic carbocycles. The maximum absolute atomic E-state index is 12.8. The molecule has 5 rings (SSSR count). The first-order valence-electron chi connectivity index (χ1n) is 11.6. The summed E-state index contributed by atoms with van der Waals surface area (Å²) in [6.07, 6.45) is 1.50. The minimum Gasteiger partial charge on any atom is -0.374 e. The molecule has 1 N–H and O–H groups in total. The van der Waals surface area contributed by atoms with Gasteiger partial charge in [-0.1, -0.05) is 28.5 Å². The number of halogens is 3. The van der Waals surface area contributed by atoms with Crippen LogP contribution in [0.4, 0.5) is 23.8 Å². The van der Waals surface area contributed by atoms with E-state index in [-0.39, 0.29) is 29.9 Å². The molecule has 1 aliphatic carbocycles. The Labute approximate surface area is 199 Å². The Morgan fingerprint density at radius 1 is 1.20 bits per heavy atom. The van der Waals surface area contributed by atoms with Crippen molar-refractivity contribution in [3.05, 3.63) is 46.8 Å². The minimum atomic E-state index is -4.36. The van der Waals surface area contributed by atoms with E-state index in [0.717, 1.165) is 23.4 Å². The SMILES string of the molecule is Cc1noc(NC(=O)N2CCC3(CC2)CC(c2noc(C4C=CC(C(F)(F)F)=CC4)n2)CO3)c1C. The molecule has 2 aromatic heterocycles. The summed E-state index contributed by atoms with van der Waals surface area (Å²) in [7, 11) is 0. The van der Waals surface area contributed by atoms with Crippen molar-refractivity contribution in [1.29, 1.82) is 0 Å². The second-order valence-electron chi connectivity index (χ2n) is 9.38. The highest BCUT2D eigenvalue weighted by atomic mass is 19.4. The maximum atomic E-state index is 12.8. The highest BCUT2D eigenvalue weighted by Crippen LogP contribution is 2.42. The third-order valence-electron chi connectivity index (χ3n) is 7.12. The molecule has 35 heavy (non-hydrogen) atoms. The molecule has 2 aliphatic heterocycles. The van der Waals surface area contributed by atoms with E-state index in [1.165, 1.54) is 6.08 Å². The van der Waals surface area contributed by atoms with Crippen molar-refractivity contribution in [2.75, 3.05) is 25.0 Å². The van der Waals surface area contributed by atoms with Crippen molar-refractivity contribution in [1.82, 2.24) is 20.2 Å². The van der Waals surface area contributed by atoms with Crippen LogP contribution < -0.4 is 5.32 Å². The van der Waals surface area contributed by atoms with Crippen LogP contribution in [-0.4, -0.2) is 57.7 Å². The molecule has 2 unspecified atom stereocenters. The van der Waals surface area contributed by atoms with Crippen molar-refractivity contribution in [2.45, 2.75) is 63.1 Å². The molecule has 9 nitrogen and oxygen atoms in total. The third-order valence-corrected chi connectivity index (χ3v) is 7.12. The number of likely N-dealkylation sites (tertiary alicyclic amines) is 1. The lowest BCUT2D eigenvalue weighted by molar-refractivity contribution is -0.0886. The van der Waals surface area contributed by atoms with Crippen molar-refractivity contribution in [2.24, 2.45) is 0 Å². The van der Waals surface area contributed by atoms with Crippen molar-refractivity contribution in [3.63, 3.8) is 0 Å². The van der Waals surface area contributed by atoms with Crippen molar-refractivity contribution >= 4 is 11.9 Å². The van der Waals surface area contributed by atoms with Crippen LogP contribution in [0.25, 0.3) is 0 Å². The van der Waals surface area contributed by atoms with Crippen LogP contribution in [0.15, 0.2) is 32.8 Å². The van der Waals surface area contributed by atoms with Crippen LogP contribution in [0.3, 0.4) is 0 Å². The average molecular weight is 493 g/mol. The molecular formula is C23H26F3N5O4. The Morgan fingerprint density at radius 3 is 2.60 bits per heavy atom. The number of hydrogen-bond acceptors (Lipinski definition) is 7. The lowest BCUT2D eigenvalue weighted by Crippen LogP contribution is -2.47. The van der Waals surface area contributed by atoms with Gasteiger partial charge >= 0.3 is 12.2 Å². The van der Waals surface area contributed by atoms with E-state index in [0.29, 0.717) is 56.6 Å². The van der Waals surface area contributed by atoms with E-state index < -0.39 is 11.7 Å². The van der Waals surface area contributed by atoms with E-state index in [4.69, 9.17) is 13.8 Å². The molecule has 0 bridgehead atoms. The Bertz CT molecular complexity index is 1160. The Kier molecular flexibility index (Phi) is 5.94. The lowest BCUT2D eigenvalue weighted by Gasteiger charge is -2.38. The molecule has 2 atom stereocenters. The Balaban J connectivity index is 1.15. The number of carbonyl (C=O) groups excluding carboxylic acids is 1. The monoisotopic (exact) mass is 493 g/mol. The topological polar surface area (TPSA) is 107 Å². The zero-order valence-electron chi connectivity index (χ0n) is 19.4. The van der Waals surface area contributed by atoms with E-state index in [1.807, 2.05) is 13.8 Å². The van der Waals surface area contributed by atoms with Gasteiger partial charge in [0, 0.05) is 24.6 Å². The highest BCUT2D eigenvalue weighted by molar-refractivity contribution is 5.88. The number of anilines is 1. The number of amides is 2. The summed E-state index contributed by atoms with van der Waals surface area (Å²) in [4.78, 5) is 18.8. The molecule has 12 heteroatoms. The van der Waals surface area contributed by atoms with Gasteiger partial charge in [-0.05, 0) is 39.5 Å². The second kappa shape index (κ2) is 8.81. The van der Waals surface area contributed by atoms with Gasteiger partial charge < -0.3 is 18.7 Å². The molecule has 0 radical (unpaired) electrons. The molecular weight excluding hydrogens is 467 g/mol. The maximum Gasteiger partial charge on any atom is 0.416 e. The van der Waals surface area contributed by atoms with Gasteiger partial charge in [-0.3, -0.25) is 5.32 Å². The van der Waals surface area contributed by atoms with E-state index in [1.54, 1.807) is 4.90 Å². The summed E-state index contributed by atoms with van der Waals surface area (Å²) in [6, 6.07) is -0.236. The van der Waals surface area contributed by atoms with Crippen LogP contribution in [0, 0.1) is 13.8 Å². The highest BCUT2D eigenvalue weighted by Gasteiger charge is 2.45. The van der Waals surface area contributed by atoms with Gasteiger partial charge in [-0.2, -0.15) is 18.2 Å². The normalized spacial score (nSPS) is 24.1. The van der Waals surface area contributed by atoms with E-state index >= 15 is 0 Å². The summed E-state index contributed by atoms with van der Waals surface area (Å²) in [6.45, 7) is 5.14. The number of rotatable bonds is 3. The molecule has 2 fully saturated rings. The number of carbonyl (C=O) groups is 1. The molecule has 1 spiro atoms. The number of aryl methyl sites for hydroxylation is 1. The third kappa shape index (κ3) is 4.71. The van der Waals surface area contributed by atoms with Gasteiger partial charge in [0.2, 0.25) is 11.8 Å². The molecule has 188 valence electrons. The molecule has 4 heterocycles. The number of piperidine rings is 1. The zero-order valence-corrected chi connectivity index (χ0v) is 19.4. The fourth-order valence-corrected chi connectivity index (χ4v) is 4.76. The van der Waals surface area contributed by atoms with Gasteiger partial charge in [0.15, 0.2) is 5.82 Å². The fraction of sp³-hybridized carbons (Fsp3) is 0.565. The first-order chi connectivity index (χ1) is 16.6. The second-order valence-corrected chi connectivity index (χ2v) is 9.38. The van der Waals surface area contributed by atoms with Crippen LogP contribution in [-0.2, 0) is 4.74 Å².